The number of carboxylic acid groups (broad SMARTS) is 1. The Balaban J connectivity index is 1.48. The first kappa shape index (κ1) is 19.2. The minimum atomic E-state index is -1.44. The molecule has 0 saturated heterocycles. The molecule has 31 heavy (non-hydrogen) atoms. The van der Waals surface area contributed by atoms with Gasteiger partial charge >= 0.3 is 12.1 Å². The third-order valence-corrected chi connectivity index (χ3v) is 5.21. The van der Waals surface area contributed by atoms with Crippen molar-refractivity contribution >= 4 is 12.1 Å². The minimum Gasteiger partial charge on any atom is -0.480 e. The smallest absolute Gasteiger partial charge is 0.407 e. The highest BCUT2D eigenvalue weighted by atomic mass is 19.2. The fraction of sp³-hybridized carbons (Fsp3) is 0.167. The van der Waals surface area contributed by atoms with E-state index in [2.05, 4.69) is 5.32 Å². The number of nitrogens with one attached hydrogen (secondary N) is 1. The molecular weight excluding hydrogens is 404 g/mol. The highest BCUT2D eigenvalue weighted by Crippen LogP contribution is 2.44. The summed E-state index contributed by atoms with van der Waals surface area (Å²) in [5.74, 6) is -4.06. The first-order valence-corrected chi connectivity index (χ1v) is 9.59. The molecule has 0 radical (unpaired) electrons. The van der Waals surface area contributed by atoms with Crippen LogP contribution in [0.15, 0.2) is 66.7 Å². The Bertz CT molecular complexity index is 1140. The van der Waals surface area contributed by atoms with Gasteiger partial charge in [-0.25, -0.2) is 18.4 Å². The van der Waals surface area contributed by atoms with Crippen molar-refractivity contribution in [3.63, 3.8) is 0 Å². The lowest BCUT2D eigenvalue weighted by atomic mass is 9.98. The molecule has 1 unspecified atom stereocenters. The van der Waals surface area contributed by atoms with Gasteiger partial charge in [-0.05, 0) is 39.9 Å². The molecule has 0 bridgehead atoms. The molecule has 1 aliphatic rings. The second kappa shape index (κ2) is 8.55. The van der Waals surface area contributed by atoms with E-state index >= 15 is 0 Å². The molecule has 5 nitrogen and oxygen atoms in total. The molecular formula is C24H19F2NO4. The first-order chi connectivity index (χ1) is 15.3. The lowest BCUT2D eigenvalue weighted by molar-refractivity contribution is -0.139. The van der Waals surface area contributed by atoms with Gasteiger partial charge in [0.25, 0.3) is 0 Å². The van der Waals surface area contributed by atoms with Crippen molar-refractivity contribution in [1.29, 1.82) is 0 Å². The standard InChI is InChI=1S/C24H19F2NO4/c25-20-10-9-14(11-21(20)26)12-22(23(28)29)27-24(30)31-13-19-17-7-3-1-5-15(17)16-6-2-4-8-18(16)19/h1-11,19,22H,12-13H2,(H,27,30)(H,28,29)/t22-/m0/s1/i13D/t13?,22-. The van der Waals surface area contributed by atoms with Crippen LogP contribution in [0, 0.1) is 11.6 Å². The van der Waals surface area contributed by atoms with Gasteiger partial charge in [-0.1, -0.05) is 54.6 Å². The van der Waals surface area contributed by atoms with Crippen molar-refractivity contribution in [3.05, 3.63) is 95.1 Å². The van der Waals surface area contributed by atoms with Gasteiger partial charge in [-0.2, -0.15) is 0 Å². The number of rotatable bonds is 6. The van der Waals surface area contributed by atoms with Gasteiger partial charge in [0, 0.05) is 12.3 Å². The van der Waals surface area contributed by atoms with Gasteiger partial charge in [-0.3, -0.25) is 0 Å². The van der Waals surface area contributed by atoms with Crippen molar-refractivity contribution < 1.29 is 29.6 Å². The van der Waals surface area contributed by atoms with E-state index in [0.29, 0.717) is 0 Å². The predicted molar refractivity (Wildman–Crippen MR) is 110 cm³/mol. The number of benzene rings is 3. The molecule has 0 aromatic heterocycles. The molecule has 0 heterocycles. The van der Waals surface area contributed by atoms with E-state index in [0.717, 1.165) is 34.4 Å². The Morgan fingerprint density at radius 1 is 1.00 bits per heavy atom. The number of ether oxygens (including phenoxy) is 1. The number of carboxylic acids is 1. The number of amides is 1. The third-order valence-electron chi connectivity index (χ3n) is 5.21. The molecule has 158 valence electrons. The second-order valence-corrected chi connectivity index (χ2v) is 7.18. The van der Waals surface area contributed by atoms with Crippen LogP contribution in [0.1, 0.15) is 24.0 Å². The summed E-state index contributed by atoms with van der Waals surface area (Å²) >= 11 is 0. The van der Waals surface area contributed by atoms with Gasteiger partial charge in [0.15, 0.2) is 11.6 Å². The largest absolute Gasteiger partial charge is 0.480 e. The number of hydrogen-bond acceptors (Lipinski definition) is 3. The fourth-order valence-corrected chi connectivity index (χ4v) is 3.75. The lowest BCUT2D eigenvalue weighted by Crippen LogP contribution is -2.42. The van der Waals surface area contributed by atoms with E-state index in [1.165, 1.54) is 6.07 Å². The summed E-state index contributed by atoms with van der Waals surface area (Å²) in [6.45, 7) is -1.32. The molecule has 1 amide bonds. The van der Waals surface area contributed by atoms with Gasteiger partial charge in [0.05, 0.1) is 1.37 Å². The van der Waals surface area contributed by atoms with E-state index < -0.39 is 42.2 Å². The summed E-state index contributed by atoms with van der Waals surface area (Å²) in [4.78, 5) is 24.0. The SMILES string of the molecule is [2H]C(OC(=O)N[C@@H](Cc1ccc(F)c(F)c1)C(=O)O)C1c2ccccc2-c2ccccc21. The Morgan fingerprint density at radius 2 is 1.61 bits per heavy atom. The van der Waals surface area contributed by atoms with Crippen molar-refractivity contribution in [1.82, 2.24) is 5.32 Å². The van der Waals surface area contributed by atoms with Crippen LogP contribution in [0.2, 0.25) is 0 Å². The maximum atomic E-state index is 13.4. The lowest BCUT2D eigenvalue weighted by Gasteiger charge is -2.17. The van der Waals surface area contributed by atoms with Crippen LogP contribution < -0.4 is 5.32 Å². The highest BCUT2D eigenvalue weighted by Gasteiger charge is 2.29. The molecule has 3 aromatic carbocycles. The van der Waals surface area contributed by atoms with Crippen LogP contribution in [-0.2, 0) is 16.0 Å². The highest BCUT2D eigenvalue weighted by molar-refractivity contribution is 5.81. The van der Waals surface area contributed by atoms with E-state index in [1.54, 1.807) is 0 Å². The van der Waals surface area contributed by atoms with E-state index in [1.807, 2.05) is 48.5 Å². The molecule has 0 fully saturated rings. The monoisotopic (exact) mass is 424 g/mol. The average Bonchev–Trinajstić information content (AvgIpc) is 3.10. The number of alkyl carbamates (subject to hydrolysis) is 1. The normalized spacial score (nSPS) is 14.7. The van der Waals surface area contributed by atoms with E-state index in [-0.39, 0.29) is 12.0 Å². The third kappa shape index (κ3) is 4.26. The van der Waals surface area contributed by atoms with Crippen molar-refractivity contribution in [2.24, 2.45) is 0 Å². The van der Waals surface area contributed by atoms with Crippen LogP contribution >= 0.6 is 0 Å². The molecule has 3 aromatic rings. The molecule has 4 rings (SSSR count). The summed E-state index contributed by atoms with van der Waals surface area (Å²) in [5.41, 5.74) is 3.79. The van der Waals surface area contributed by atoms with Gasteiger partial charge in [0.1, 0.15) is 12.6 Å². The molecule has 0 aliphatic heterocycles. The quantitative estimate of drug-likeness (QED) is 0.611. The maximum absolute atomic E-state index is 13.4. The number of hydrogen-bond donors (Lipinski definition) is 2. The van der Waals surface area contributed by atoms with Crippen LogP contribution in [0.4, 0.5) is 13.6 Å². The molecule has 0 saturated carbocycles. The average molecular weight is 424 g/mol. The minimum absolute atomic E-state index is 0.192. The van der Waals surface area contributed by atoms with Crippen LogP contribution in [-0.4, -0.2) is 29.8 Å². The zero-order valence-electron chi connectivity index (χ0n) is 17.2. The summed E-state index contributed by atoms with van der Waals surface area (Å²) in [7, 11) is 0. The zero-order chi connectivity index (χ0) is 22.8. The first-order valence-electron chi connectivity index (χ1n) is 10.2. The summed E-state index contributed by atoms with van der Waals surface area (Å²) in [6, 6.07) is 16.6. The van der Waals surface area contributed by atoms with Crippen LogP contribution in [0.5, 0.6) is 0 Å². The van der Waals surface area contributed by atoms with Crippen molar-refractivity contribution in [2.75, 3.05) is 6.58 Å². The molecule has 1 aliphatic carbocycles. The number of carbonyl (C=O) groups is 2. The van der Waals surface area contributed by atoms with Gasteiger partial charge in [-0.15, -0.1) is 0 Å². The predicted octanol–water partition coefficient (Wildman–Crippen LogP) is 4.50. The van der Waals surface area contributed by atoms with Crippen LogP contribution in [0.3, 0.4) is 0 Å². The van der Waals surface area contributed by atoms with Crippen LogP contribution in [0.25, 0.3) is 11.1 Å². The fourth-order valence-electron chi connectivity index (χ4n) is 3.75. The van der Waals surface area contributed by atoms with Crippen molar-refractivity contribution in [2.45, 2.75) is 18.4 Å². The topological polar surface area (TPSA) is 75.6 Å². The van der Waals surface area contributed by atoms with Gasteiger partial charge in [0.2, 0.25) is 0 Å². The zero-order valence-corrected chi connectivity index (χ0v) is 16.2. The van der Waals surface area contributed by atoms with Crippen molar-refractivity contribution in [3.8, 4) is 11.1 Å². The Morgan fingerprint density at radius 3 is 2.19 bits per heavy atom. The van der Waals surface area contributed by atoms with Gasteiger partial charge < -0.3 is 15.2 Å². The summed E-state index contributed by atoms with van der Waals surface area (Å²) < 4.78 is 40.2. The Kier molecular flexibility index (Phi) is 5.31. The molecule has 2 atom stereocenters. The molecule has 2 N–H and O–H groups in total. The maximum Gasteiger partial charge on any atom is 0.407 e. The Hall–Kier alpha value is -3.74. The summed E-state index contributed by atoms with van der Waals surface area (Å²) in [6.07, 6.45) is -1.36. The summed E-state index contributed by atoms with van der Waals surface area (Å²) in [5, 5.41) is 11.6. The number of aliphatic carboxylic acids is 1. The number of carbonyl (C=O) groups excluding carboxylic acids is 1. The van der Waals surface area contributed by atoms with E-state index in [9.17, 15) is 23.5 Å². The molecule has 7 heteroatoms. The number of fused-ring (bicyclic) bond motifs is 3. The molecule has 0 spiro atoms. The second-order valence-electron chi connectivity index (χ2n) is 7.18. The Labute approximate surface area is 178 Å². The number of halogens is 2. The van der Waals surface area contributed by atoms with E-state index in [4.69, 9.17) is 6.11 Å².